The molecule has 2 aromatic carbocycles. The van der Waals surface area contributed by atoms with Crippen LogP contribution in [0.3, 0.4) is 0 Å². The molecule has 0 spiro atoms. The minimum atomic E-state index is -2.42. The SMILES string of the molecule is C=C[Si](C)(C)O[Si](C=C)(c1ccccc1)c1ccccc1. The Morgan fingerprint density at radius 1 is 0.762 bits per heavy atom. The van der Waals surface area contributed by atoms with Crippen LogP contribution in [0.15, 0.2) is 85.2 Å². The maximum Gasteiger partial charge on any atom is 0.270 e. The van der Waals surface area contributed by atoms with Gasteiger partial charge >= 0.3 is 0 Å². The molecule has 0 unspecified atom stereocenters. The van der Waals surface area contributed by atoms with Crippen molar-refractivity contribution in [2.45, 2.75) is 13.1 Å². The summed E-state index contributed by atoms with van der Waals surface area (Å²) in [6, 6.07) is 20.9. The number of hydrogen-bond acceptors (Lipinski definition) is 1. The van der Waals surface area contributed by atoms with Crippen molar-refractivity contribution in [1.29, 1.82) is 0 Å². The molecule has 0 bridgehead atoms. The molecule has 0 aliphatic carbocycles. The third kappa shape index (κ3) is 3.32. The molecule has 0 aliphatic rings. The lowest BCUT2D eigenvalue weighted by Crippen LogP contribution is -2.63. The van der Waals surface area contributed by atoms with Crippen molar-refractivity contribution in [3.8, 4) is 0 Å². The van der Waals surface area contributed by atoms with Gasteiger partial charge in [-0.05, 0) is 23.5 Å². The van der Waals surface area contributed by atoms with Gasteiger partial charge < -0.3 is 4.12 Å². The van der Waals surface area contributed by atoms with Gasteiger partial charge in [-0.3, -0.25) is 0 Å². The fourth-order valence-corrected chi connectivity index (χ4v) is 9.50. The van der Waals surface area contributed by atoms with E-state index in [9.17, 15) is 0 Å². The first kappa shape index (κ1) is 15.7. The molecule has 0 amide bonds. The zero-order valence-corrected chi connectivity index (χ0v) is 14.8. The molecule has 2 aromatic rings. The van der Waals surface area contributed by atoms with Crippen LogP contribution < -0.4 is 10.4 Å². The number of rotatable bonds is 6. The van der Waals surface area contributed by atoms with Crippen molar-refractivity contribution in [3.05, 3.63) is 85.2 Å². The van der Waals surface area contributed by atoms with Crippen LogP contribution in [0.2, 0.25) is 13.1 Å². The molecule has 2 rings (SSSR count). The summed E-state index contributed by atoms with van der Waals surface area (Å²) < 4.78 is 6.74. The Labute approximate surface area is 129 Å². The Morgan fingerprint density at radius 3 is 1.52 bits per heavy atom. The van der Waals surface area contributed by atoms with Gasteiger partial charge in [0.25, 0.3) is 8.32 Å². The normalized spacial score (nSPS) is 11.9. The molecular formula is C18H22OSi2. The Hall–Kier alpha value is -1.69. The second-order valence-electron chi connectivity index (χ2n) is 5.58. The summed E-state index contributed by atoms with van der Waals surface area (Å²) in [4.78, 5) is 0. The summed E-state index contributed by atoms with van der Waals surface area (Å²) in [6.45, 7) is 12.4. The second-order valence-corrected chi connectivity index (χ2v) is 13.0. The second kappa shape index (κ2) is 6.39. The van der Waals surface area contributed by atoms with E-state index in [1.807, 2.05) is 23.5 Å². The standard InChI is InChI=1S/C18H22OSi2/c1-5-20(3,4)19-21(6-2,17-13-9-7-10-14-17)18-15-11-8-12-16-18/h5-16H,1-2H2,3-4H3. The van der Waals surface area contributed by atoms with Gasteiger partial charge in [-0.15, -0.1) is 13.2 Å². The van der Waals surface area contributed by atoms with Crippen LogP contribution in [0, 0.1) is 0 Å². The molecule has 0 atom stereocenters. The van der Waals surface area contributed by atoms with E-state index in [1.165, 1.54) is 10.4 Å². The fraction of sp³-hybridized carbons (Fsp3) is 0.111. The smallest absolute Gasteiger partial charge is 0.270 e. The first-order valence-electron chi connectivity index (χ1n) is 7.12. The summed E-state index contributed by atoms with van der Waals surface area (Å²) in [5.74, 6) is 0. The van der Waals surface area contributed by atoms with Gasteiger partial charge in [0.1, 0.15) is 0 Å². The number of benzene rings is 2. The van der Waals surface area contributed by atoms with E-state index >= 15 is 0 Å². The van der Waals surface area contributed by atoms with Crippen molar-refractivity contribution < 1.29 is 4.12 Å². The molecule has 0 aromatic heterocycles. The lowest BCUT2D eigenvalue weighted by molar-refractivity contribution is 0.584. The predicted molar refractivity (Wildman–Crippen MR) is 96.9 cm³/mol. The van der Waals surface area contributed by atoms with E-state index in [4.69, 9.17) is 4.12 Å². The molecule has 0 radical (unpaired) electrons. The average molecular weight is 311 g/mol. The highest BCUT2D eigenvalue weighted by Gasteiger charge is 2.40. The Balaban J connectivity index is 2.63. The zero-order valence-electron chi connectivity index (χ0n) is 12.8. The van der Waals surface area contributed by atoms with Gasteiger partial charge in [0.2, 0.25) is 0 Å². The monoisotopic (exact) mass is 310 g/mol. The molecule has 3 heteroatoms. The van der Waals surface area contributed by atoms with Crippen molar-refractivity contribution in [2.75, 3.05) is 0 Å². The largest absolute Gasteiger partial charge is 0.443 e. The highest BCUT2D eigenvalue weighted by Crippen LogP contribution is 2.17. The summed E-state index contributed by atoms with van der Waals surface area (Å²) in [5, 5.41) is 2.46. The molecule has 1 nitrogen and oxygen atoms in total. The van der Waals surface area contributed by atoms with E-state index < -0.39 is 16.6 Å². The van der Waals surface area contributed by atoms with Crippen LogP contribution in [0.5, 0.6) is 0 Å². The van der Waals surface area contributed by atoms with Gasteiger partial charge in [0.15, 0.2) is 8.32 Å². The molecule has 108 valence electrons. The van der Waals surface area contributed by atoms with Crippen LogP contribution in [0.25, 0.3) is 0 Å². The van der Waals surface area contributed by atoms with Gasteiger partial charge in [0, 0.05) is 0 Å². The molecule has 0 saturated carbocycles. The topological polar surface area (TPSA) is 9.23 Å². The number of hydrogen-bond donors (Lipinski definition) is 0. The molecule has 21 heavy (non-hydrogen) atoms. The summed E-state index contributed by atoms with van der Waals surface area (Å²) in [6.07, 6.45) is 0. The van der Waals surface area contributed by atoms with Crippen LogP contribution in [0.1, 0.15) is 0 Å². The molecule has 0 aliphatic heterocycles. The lowest BCUT2D eigenvalue weighted by atomic mass is 10.4. The Kier molecular flexibility index (Phi) is 4.78. The van der Waals surface area contributed by atoms with Crippen LogP contribution in [-0.4, -0.2) is 16.6 Å². The average Bonchev–Trinajstić information content (AvgIpc) is 2.54. The van der Waals surface area contributed by atoms with E-state index in [0.717, 1.165) is 0 Å². The highest BCUT2D eigenvalue weighted by atomic mass is 28.4. The van der Waals surface area contributed by atoms with Crippen molar-refractivity contribution >= 4 is 27.0 Å². The van der Waals surface area contributed by atoms with Crippen LogP contribution in [0.4, 0.5) is 0 Å². The highest BCUT2D eigenvalue weighted by molar-refractivity contribution is 7.06. The molecule has 0 heterocycles. The minimum absolute atomic E-state index is 1.23. The van der Waals surface area contributed by atoms with Gasteiger partial charge in [-0.2, -0.15) is 0 Å². The quantitative estimate of drug-likeness (QED) is 0.743. The third-order valence-electron chi connectivity index (χ3n) is 3.61. The maximum absolute atomic E-state index is 6.74. The fourth-order valence-electron chi connectivity index (χ4n) is 2.39. The van der Waals surface area contributed by atoms with Crippen molar-refractivity contribution in [1.82, 2.24) is 0 Å². The molecular weight excluding hydrogens is 288 g/mol. The van der Waals surface area contributed by atoms with E-state index in [2.05, 4.69) is 74.8 Å². The van der Waals surface area contributed by atoms with Crippen molar-refractivity contribution in [2.24, 2.45) is 0 Å². The van der Waals surface area contributed by atoms with E-state index in [1.54, 1.807) is 0 Å². The van der Waals surface area contributed by atoms with Crippen molar-refractivity contribution in [3.63, 3.8) is 0 Å². The Bertz CT molecular complexity index is 566. The third-order valence-corrected chi connectivity index (χ3v) is 10.9. The first-order chi connectivity index (χ1) is 10.0. The minimum Gasteiger partial charge on any atom is -0.443 e. The van der Waals surface area contributed by atoms with Crippen LogP contribution in [-0.2, 0) is 4.12 Å². The van der Waals surface area contributed by atoms with Gasteiger partial charge in [-0.25, -0.2) is 0 Å². The molecule has 0 fully saturated rings. The predicted octanol–water partition coefficient (Wildman–Crippen LogP) is 3.42. The summed E-state index contributed by atoms with van der Waals surface area (Å²) in [7, 11) is -4.37. The summed E-state index contributed by atoms with van der Waals surface area (Å²) in [5.41, 5.74) is 4.03. The molecule has 0 N–H and O–H groups in total. The van der Waals surface area contributed by atoms with E-state index in [-0.39, 0.29) is 0 Å². The van der Waals surface area contributed by atoms with E-state index in [0.29, 0.717) is 0 Å². The first-order valence-corrected chi connectivity index (χ1v) is 12.1. The van der Waals surface area contributed by atoms with Gasteiger partial charge in [-0.1, -0.05) is 72.1 Å². The van der Waals surface area contributed by atoms with Crippen LogP contribution >= 0.6 is 0 Å². The van der Waals surface area contributed by atoms with Gasteiger partial charge in [0.05, 0.1) is 0 Å². The Morgan fingerprint density at radius 2 is 1.19 bits per heavy atom. The lowest BCUT2D eigenvalue weighted by Gasteiger charge is -2.36. The maximum atomic E-state index is 6.74. The summed E-state index contributed by atoms with van der Waals surface area (Å²) >= 11 is 0. The molecule has 0 saturated heterocycles. The zero-order chi connectivity index (χ0) is 15.3.